The van der Waals surface area contributed by atoms with E-state index in [1.165, 1.54) is 29.1 Å². The first-order valence-electron chi connectivity index (χ1n) is 10.1. The first-order chi connectivity index (χ1) is 15.0. The van der Waals surface area contributed by atoms with Gasteiger partial charge in [0.1, 0.15) is 0 Å². The Morgan fingerprint density at radius 2 is 1.74 bits per heavy atom. The van der Waals surface area contributed by atoms with Gasteiger partial charge in [0.25, 0.3) is 0 Å². The van der Waals surface area contributed by atoms with E-state index in [9.17, 15) is 14.4 Å². The molecular weight excluding hydrogens is 412 g/mol. The fourth-order valence-corrected chi connectivity index (χ4v) is 4.70. The second kappa shape index (κ2) is 9.22. The zero-order valence-electron chi connectivity index (χ0n) is 16.8. The summed E-state index contributed by atoms with van der Waals surface area (Å²) in [7, 11) is 0. The standard InChI is InChI=1S/C24H22N2O4S/c27-22(13-14-24(29)30)25-16-9-11-17(12-10-16)31-15-23(28)26-20-7-3-1-5-18(20)19-6-2-4-8-21(19)26/h1,3,5,7,9-14H,2,4,6,8,15H2,(H,25,27)(H,29,30)/b14-13+. The van der Waals surface area contributed by atoms with Crippen LogP contribution in [0.5, 0.6) is 0 Å². The van der Waals surface area contributed by atoms with Crippen molar-refractivity contribution in [3.63, 3.8) is 0 Å². The van der Waals surface area contributed by atoms with Crippen LogP contribution < -0.4 is 5.32 Å². The minimum atomic E-state index is -1.18. The van der Waals surface area contributed by atoms with Crippen molar-refractivity contribution in [3.8, 4) is 0 Å². The maximum Gasteiger partial charge on any atom is 0.328 e. The van der Waals surface area contributed by atoms with E-state index in [1.54, 1.807) is 12.1 Å². The molecule has 0 fully saturated rings. The highest BCUT2D eigenvalue weighted by Gasteiger charge is 2.23. The number of thioether (sulfide) groups is 1. The molecular formula is C24H22N2O4S. The highest BCUT2D eigenvalue weighted by molar-refractivity contribution is 8.00. The van der Waals surface area contributed by atoms with E-state index in [-0.39, 0.29) is 5.91 Å². The van der Waals surface area contributed by atoms with Gasteiger partial charge in [0, 0.05) is 33.8 Å². The van der Waals surface area contributed by atoms with Gasteiger partial charge in [0.05, 0.1) is 11.3 Å². The topological polar surface area (TPSA) is 88.4 Å². The molecule has 7 heteroatoms. The lowest BCUT2D eigenvalue weighted by Gasteiger charge is -2.15. The average molecular weight is 435 g/mol. The molecule has 0 spiro atoms. The monoisotopic (exact) mass is 434 g/mol. The van der Waals surface area contributed by atoms with Crippen molar-refractivity contribution in [1.82, 2.24) is 4.57 Å². The Morgan fingerprint density at radius 3 is 2.52 bits per heavy atom. The average Bonchev–Trinajstić information content (AvgIpc) is 3.12. The van der Waals surface area contributed by atoms with Gasteiger partial charge in [-0.15, -0.1) is 11.8 Å². The van der Waals surface area contributed by atoms with Gasteiger partial charge in [-0.2, -0.15) is 0 Å². The van der Waals surface area contributed by atoms with Gasteiger partial charge in [0.2, 0.25) is 11.8 Å². The summed E-state index contributed by atoms with van der Waals surface area (Å²) >= 11 is 1.45. The Bertz CT molecular complexity index is 1180. The molecule has 0 saturated heterocycles. The number of carbonyl (C=O) groups is 3. The van der Waals surface area contributed by atoms with Crippen molar-refractivity contribution < 1.29 is 19.5 Å². The van der Waals surface area contributed by atoms with E-state index < -0.39 is 11.9 Å². The van der Waals surface area contributed by atoms with Crippen molar-refractivity contribution in [2.45, 2.75) is 30.6 Å². The third-order valence-corrected chi connectivity index (χ3v) is 6.29. The Morgan fingerprint density at radius 1 is 1.00 bits per heavy atom. The van der Waals surface area contributed by atoms with Crippen LogP contribution in [0.1, 0.15) is 28.9 Å². The molecule has 0 atom stereocenters. The number of aromatic nitrogens is 1. The number of benzene rings is 2. The normalized spacial score (nSPS) is 13.3. The summed E-state index contributed by atoms with van der Waals surface area (Å²) < 4.78 is 1.90. The number of fused-ring (bicyclic) bond motifs is 3. The number of nitrogens with one attached hydrogen (secondary N) is 1. The van der Waals surface area contributed by atoms with Crippen LogP contribution in [0, 0.1) is 0 Å². The molecule has 1 heterocycles. The highest BCUT2D eigenvalue weighted by Crippen LogP contribution is 2.32. The third-order valence-electron chi connectivity index (χ3n) is 5.29. The number of aliphatic carboxylic acids is 1. The molecule has 3 aromatic rings. The van der Waals surface area contributed by atoms with Crippen LogP contribution in [-0.2, 0) is 22.4 Å². The third kappa shape index (κ3) is 4.72. The predicted octanol–water partition coefficient (Wildman–Crippen LogP) is 4.53. The van der Waals surface area contributed by atoms with Crippen LogP contribution in [0.15, 0.2) is 65.6 Å². The molecule has 4 rings (SSSR count). The molecule has 2 aromatic carbocycles. The molecule has 0 aliphatic heterocycles. The first kappa shape index (κ1) is 20.9. The van der Waals surface area contributed by atoms with E-state index in [4.69, 9.17) is 5.11 Å². The maximum absolute atomic E-state index is 13.1. The summed E-state index contributed by atoms with van der Waals surface area (Å²) in [4.78, 5) is 36.2. The fraction of sp³-hybridized carbons (Fsp3) is 0.208. The van der Waals surface area contributed by atoms with Gasteiger partial charge in [-0.05, 0) is 61.6 Å². The van der Waals surface area contributed by atoms with Gasteiger partial charge in [-0.3, -0.25) is 14.2 Å². The van der Waals surface area contributed by atoms with Crippen molar-refractivity contribution in [2.75, 3.05) is 11.1 Å². The van der Waals surface area contributed by atoms with Crippen LogP contribution in [0.4, 0.5) is 5.69 Å². The minimum Gasteiger partial charge on any atom is -0.478 e. The molecule has 31 heavy (non-hydrogen) atoms. The van der Waals surface area contributed by atoms with Gasteiger partial charge >= 0.3 is 5.97 Å². The Balaban J connectivity index is 1.44. The largest absolute Gasteiger partial charge is 0.478 e. The molecule has 0 unspecified atom stereocenters. The summed E-state index contributed by atoms with van der Waals surface area (Å²) in [5.41, 5.74) is 4.02. The smallest absolute Gasteiger partial charge is 0.328 e. The molecule has 1 aromatic heterocycles. The Hall–Kier alpha value is -3.32. The van der Waals surface area contributed by atoms with Crippen LogP contribution in [0.3, 0.4) is 0 Å². The summed E-state index contributed by atoms with van der Waals surface area (Å²) in [5.74, 6) is -1.30. The van der Waals surface area contributed by atoms with Crippen LogP contribution >= 0.6 is 11.8 Å². The molecule has 1 aliphatic carbocycles. The molecule has 1 amide bonds. The SMILES string of the molecule is O=C(O)/C=C/C(=O)Nc1ccc(SCC(=O)n2c3c(c4ccccc42)CCCC3)cc1. The Kier molecular flexibility index (Phi) is 6.23. The summed E-state index contributed by atoms with van der Waals surface area (Å²) in [6.07, 6.45) is 5.99. The summed E-state index contributed by atoms with van der Waals surface area (Å²) in [5, 5.41) is 12.3. The molecule has 0 saturated carbocycles. The van der Waals surface area contributed by atoms with Crippen molar-refractivity contribution in [3.05, 3.63) is 71.9 Å². The first-order valence-corrected chi connectivity index (χ1v) is 11.1. The number of anilines is 1. The lowest BCUT2D eigenvalue weighted by molar-refractivity contribution is -0.131. The molecule has 0 radical (unpaired) electrons. The maximum atomic E-state index is 13.1. The van der Waals surface area contributed by atoms with Crippen LogP contribution in [0.25, 0.3) is 10.9 Å². The highest BCUT2D eigenvalue weighted by atomic mass is 32.2. The fourth-order valence-electron chi connectivity index (χ4n) is 3.96. The van der Waals surface area contributed by atoms with E-state index in [0.717, 1.165) is 47.5 Å². The van der Waals surface area contributed by atoms with Crippen LogP contribution in [0.2, 0.25) is 0 Å². The molecule has 2 N–H and O–H groups in total. The number of nitrogens with zero attached hydrogens (tertiary/aromatic N) is 1. The number of rotatable bonds is 6. The minimum absolute atomic E-state index is 0.0699. The van der Waals surface area contributed by atoms with E-state index >= 15 is 0 Å². The quantitative estimate of drug-likeness (QED) is 0.440. The summed E-state index contributed by atoms with van der Waals surface area (Å²) in [6, 6.07) is 15.2. The van der Waals surface area contributed by atoms with Crippen molar-refractivity contribution >= 4 is 46.1 Å². The van der Waals surface area contributed by atoms with E-state index in [0.29, 0.717) is 11.4 Å². The van der Waals surface area contributed by atoms with Crippen LogP contribution in [-0.4, -0.2) is 33.2 Å². The zero-order chi connectivity index (χ0) is 21.8. The lowest BCUT2D eigenvalue weighted by Crippen LogP contribution is -2.18. The second-order valence-electron chi connectivity index (χ2n) is 7.35. The Labute approximate surface area is 183 Å². The van der Waals surface area contributed by atoms with E-state index in [1.807, 2.05) is 34.9 Å². The van der Waals surface area contributed by atoms with Gasteiger partial charge in [-0.25, -0.2) is 4.79 Å². The number of para-hydroxylation sites is 1. The molecule has 1 aliphatic rings. The number of carboxylic acid groups (broad SMARTS) is 1. The summed E-state index contributed by atoms with van der Waals surface area (Å²) in [6.45, 7) is 0. The van der Waals surface area contributed by atoms with Crippen molar-refractivity contribution in [1.29, 1.82) is 0 Å². The number of carboxylic acids is 1. The lowest BCUT2D eigenvalue weighted by atomic mass is 9.96. The predicted molar refractivity (Wildman–Crippen MR) is 122 cm³/mol. The zero-order valence-corrected chi connectivity index (χ0v) is 17.7. The molecule has 0 bridgehead atoms. The number of aryl methyl sites for hydroxylation is 1. The van der Waals surface area contributed by atoms with E-state index in [2.05, 4.69) is 11.4 Å². The molecule has 158 valence electrons. The molecule has 6 nitrogen and oxygen atoms in total. The van der Waals surface area contributed by atoms with Crippen molar-refractivity contribution in [2.24, 2.45) is 0 Å². The number of hydrogen-bond donors (Lipinski definition) is 2. The number of amides is 1. The second-order valence-corrected chi connectivity index (χ2v) is 8.40. The number of hydrogen-bond acceptors (Lipinski definition) is 4. The van der Waals surface area contributed by atoms with Gasteiger partial charge < -0.3 is 10.4 Å². The van der Waals surface area contributed by atoms with Gasteiger partial charge in [-0.1, -0.05) is 18.2 Å². The van der Waals surface area contributed by atoms with Gasteiger partial charge in [0.15, 0.2) is 0 Å². The number of carbonyl (C=O) groups excluding carboxylic acids is 2.